The number of methoxy groups -OCH3 is 1. The second kappa shape index (κ2) is 11.9. The van der Waals surface area contributed by atoms with Crippen LogP contribution in [0.4, 0.5) is 26.3 Å². The third-order valence-corrected chi connectivity index (χ3v) is 6.25. The zero-order valence-corrected chi connectivity index (χ0v) is 20.7. The summed E-state index contributed by atoms with van der Waals surface area (Å²) in [6.45, 7) is -0.869. The number of hydrogen-bond acceptors (Lipinski definition) is 2. The smallest absolute Gasteiger partial charge is 0.422 e. The number of ether oxygens (including phenoxy) is 2. The summed E-state index contributed by atoms with van der Waals surface area (Å²) in [5.41, 5.74) is 1.97. The van der Waals surface area contributed by atoms with E-state index >= 15 is 4.39 Å². The minimum Gasteiger partial charge on any atom is -0.484 e. The van der Waals surface area contributed by atoms with Crippen LogP contribution in [0.3, 0.4) is 0 Å². The van der Waals surface area contributed by atoms with Crippen LogP contribution in [-0.4, -0.2) is 26.5 Å². The molecule has 4 rings (SSSR count). The van der Waals surface area contributed by atoms with Crippen LogP contribution in [0.25, 0.3) is 21.9 Å². The Bertz CT molecular complexity index is 1370. The molecule has 0 saturated carbocycles. The van der Waals surface area contributed by atoms with Crippen LogP contribution in [0.5, 0.6) is 5.75 Å². The zero-order valence-electron chi connectivity index (χ0n) is 20.7. The van der Waals surface area contributed by atoms with Crippen molar-refractivity contribution >= 4 is 10.8 Å². The number of alkyl halides is 3. The summed E-state index contributed by atoms with van der Waals surface area (Å²) in [7, 11) is 1.57. The fraction of sp³-hybridized carbons (Fsp3) is 0.267. The maximum Gasteiger partial charge on any atom is 0.422 e. The first-order valence-electron chi connectivity index (χ1n) is 12.1. The average molecular weight is 533 g/mol. The van der Waals surface area contributed by atoms with E-state index in [-0.39, 0.29) is 11.3 Å². The topological polar surface area (TPSA) is 18.5 Å². The maximum absolute atomic E-state index is 15.3. The van der Waals surface area contributed by atoms with Gasteiger partial charge >= 0.3 is 6.18 Å². The van der Waals surface area contributed by atoms with E-state index in [0.717, 1.165) is 5.56 Å². The summed E-state index contributed by atoms with van der Waals surface area (Å²) in [5.74, 6) is -1.67. The van der Waals surface area contributed by atoms with E-state index < -0.39 is 30.2 Å². The molecule has 0 radical (unpaired) electrons. The monoisotopic (exact) mass is 532 g/mol. The highest BCUT2D eigenvalue weighted by atomic mass is 19.4. The van der Waals surface area contributed by atoms with Crippen LogP contribution in [0.15, 0.2) is 66.7 Å². The van der Waals surface area contributed by atoms with Crippen LogP contribution in [0, 0.1) is 17.5 Å². The number of fused-ring (bicyclic) bond motifs is 1. The molecule has 0 aliphatic heterocycles. The van der Waals surface area contributed by atoms with Gasteiger partial charge in [-0.3, -0.25) is 0 Å². The molecule has 38 heavy (non-hydrogen) atoms. The summed E-state index contributed by atoms with van der Waals surface area (Å²) < 4.78 is 91.5. The molecular formula is C30H26F6O2. The van der Waals surface area contributed by atoms with Crippen molar-refractivity contribution in [3.05, 3.63) is 101 Å². The predicted molar refractivity (Wildman–Crippen MR) is 135 cm³/mol. The largest absolute Gasteiger partial charge is 0.484 e. The highest BCUT2D eigenvalue weighted by molar-refractivity contribution is 5.88. The molecule has 4 aromatic carbocycles. The van der Waals surface area contributed by atoms with Crippen LogP contribution in [0.2, 0.25) is 0 Å². The molecule has 0 aliphatic rings. The molecule has 200 valence electrons. The summed E-state index contributed by atoms with van der Waals surface area (Å²) in [6.07, 6.45) is -2.45. The Morgan fingerprint density at radius 3 is 2.11 bits per heavy atom. The number of rotatable bonds is 10. The Morgan fingerprint density at radius 2 is 1.45 bits per heavy atom. The van der Waals surface area contributed by atoms with Crippen LogP contribution in [-0.2, 0) is 24.0 Å². The summed E-state index contributed by atoms with van der Waals surface area (Å²) >= 11 is 0. The standard InChI is InChI=1S/C30H26F6O2/c1-37-14-2-3-20-15-26(31)28(27(32)16-20)23-10-13-25-22(17-23)9-8-21(29(25)33)7-4-19-5-11-24(12-6-19)38-18-30(34,35)36/h5-6,8-13,15-17H,2-4,7,14,18H2,1H3. The van der Waals surface area contributed by atoms with Gasteiger partial charge in [0.2, 0.25) is 0 Å². The second-order valence-corrected chi connectivity index (χ2v) is 9.05. The Kier molecular flexibility index (Phi) is 8.62. The van der Waals surface area contributed by atoms with Gasteiger partial charge in [-0.25, -0.2) is 13.2 Å². The zero-order chi connectivity index (χ0) is 27.3. The van der Waals surface area contributed by atoms with Crippen LogP contribution >= 0.6 is 0 Å². The van der Waals surface area contributed by atoms with E-state index in [1.165, 1.54) is 36.4 Å². The number of halogens is 6. The summed E-state index contributed by atoms with van der Waals surface area (Å²) in [6, 6.07) is 16.7. The maximum atomic E-state index is 15.3. The first kappa shape index (κ1) is 27.5. The Labute approximate surface area is 216 Å². The van der Waals surface area contributed by atoms with Crippen molar-refractivity contribution in [3.8, 4) is 16.9 Å². The van der Waals surface area contributed by atoms with Crippen molar-refractivity contribution in [2.45, 2.75) is 31.9 Å². The molecule has 0 unspecified atom stereocenters. The Balaban J connectivity index is 1.48. The minimum absolute atomic E-state index is 0.104. The van der Waals surface area contributed by atoms with Crippen molar-refractivity contribution in [2.75, 3.05) is 20.3 Å². The lowest BCUT2D eigenvalue weighted by Crippen LogP contribution is -2.19. The molecule has 0 aromatic heterocycles. The van der Waals surface area contributed by atoms with E-state index in [0.29, 0.717) is 59.8 Å². The van der Waals surface area contributed by atoms with E-state index in [1.807, 2.05) is 0 Å². The van der Waals surface area contributed by atoms with E-state index in [2.05, 4.69) is 0 Å². The fourth-order valence-electron chi connectivity index (χ4n) is 4.35. The van der Waals surface area contributed by atoms with Crippen molar-refractivity contribution in [2.24, 2.45) is 0 Å². The third kappa shape index (κ3) is 6.86. The Morgan fingerprint density at radius 1 is 0.737 bits per heavy atom. The average Bonchev–Trinajstić information content (AvgIpc) is 2.87. The van der Waals surface area contributed by atoms with Gasteiger partial charge in [0, 0.05) is 19.1 Å². The van der Waals surface area contributed by atoms with Crippen LogP contribution < -0.4 is 4.74 Å². The number of aryl methyl sites for hydroxylation is 3. The molecule has 0 fully saturated rings. The van der Waals surface area contributed by atoms with Gasteiger partial charge in [0.1, 0.15) is 23.2 Å². The van der Waals surface area contributed by atoms with Gasteiger partial charge in [-0.1, -0.05) is 36.4 Å². The molecule has 0 spiro atoms. The lowest BCUT2D eigenvalue weighted by Gasteiger charge is -2.12. The molecule has 2 nitrogen and oxygen atoms in total. The number of benzene rings is 4. The fourth-order valence-corrected chi connectivity index (χ4v) is 4.35. The van der Waals surface area contributed by atoms with Gasteiger partial charge in [0.25, 0.3) is 0 Å². The normalized spacial score (nSPS) is 11.8. The molecule has 0 atom stereocenters. The van der Waals surface area contributed by atoms with E-state index in [9.17, 15) is 22.0 Å². The SMILES string of the molecule is COCCCc1cc(F)c(-c2ccc3c(F)c(CCc4ccc(OCC(F)(F)F)cc4)ccc3c2)c(F)c1. The molecule has 0 amide bonds. The molecule has 0 aliphatic carbocycles. The first-order chi connectivity index (χ1) is 18.1. The lowest BCUT2D eigenvalue weighted by molar-refractivity contribution is -0.153. The van der Waals surface area contributed by atoms with Crippen molar-refractivity contribution < 1.29 is 35.8 Å². The third-order valence-electron chi connectivity index (χ3n) is 6.25. The van der Waals surface area contributed by atoms with Gasteiger partial charge < -0.3 is 9.47 Å². The second-order valence-electron chi connectivity index (χ2n) is 9.05. The van der Waals surface area contributed by atoms with Crippen molar-refractivity contribution in [1.82, 2.24) is 0 Å². The first-order valence-corrected chi connectivity index (χ1v) is 12.1. The molecular weight excluding hydrogens is 506 g/mol. The van der Waals surface area contributed by atoms with Crippen molar-refractivity contribution in [1.29, 1.82) is 0 Å². The molecule has 4 aromatic rings. The predicted octanol–water partition coefficient (Wildman–Crippen LogP) is 8.23. The van der Waals surface area contributed by atoms with Gasteiger partial charge in [-0.05, 0) is 83.7 Å². The quantitative estimate of drug-likeness (QED) is 0.151. The summed E-state index contributed by atoms with van der Waals surface area (Å²) in [4.78, 5) is 0. The van der Waals surface area contributed by atoms with Gasteiger partial charge in [-0.15, -0.1) is 0 Å². The highest BCUT2D eigenvalue weighted by Crippen LogP contribution is 2.32. The minimum atomic E-state index is -4.41. The number of hydrogen-bond donors (Lipinski definition) is 0. The molecule has 0 N–H and O–H groups in total. The highest BCUT2D eigenvalue weighted by Gasteiger charge is 2.28. The lowest BCUT2D eigenvalue weighted by atomic mass is 9.96. The molecule has 8 heteroatoms. The summed E-state index contributed by atoms with van der Waals surface area (Å²) in [5, 5.41) is 0.844. The molecule has 0 bridgehead atoms. The van der Waals surface area contributed by atoms with Gasteiger partial charge in [0.05, 0.1) is 5.56 Å². The van der Waals surface area contributed by atoms with Gasteiger partial charge in [-0.2, -0.15) is 13.2 Å². The van der Waals surface area contributed by atoms with E-state index in [4.69, 9.17) is 9.47 Å². The molecule has 0 saturated heterocycles. The van der Waals surface area contributed by atoms with E-state index in [1.54, 1.807) is 37.4 Å². The molecule has 0 heterocycles. The van der Waals surface area contributed by atoms with Crippen LogP contribution in [0.1, 0.15) is 23.1 Å². The van der Waals surface area contributed by atoms with Gasteiger partial charge in [0.15, 0.2) is 6.61 Å². The Hall–Kier alpha value is -3.52. The van der Waals surface area contributed by atoms with Crippen molar-refractivity contribution in [3.63, 3.8) is 0 Å².